The van der Waals surface area contributed by atoms with Crippen LogP contribution in [0.3, 0.4) is 0 Å². The number of benzene rings is 1. The van der Waals surface area contributed by atoms with Crippen LogP contribution in [0.5, 0.6) is 0 Å². The van der Waals surface area contributed by atoms with E-state index in [4.69, 9.17) is 5.73 Å². The molecular weight excluding hydrogens is 297 g/mol. The van der Waals surface area contributed by atoms with E-state index in [-0.39, 0.29) is 36.8 Å². The lowest BCUT2D eigenvalue weighted by Gasteiger charge is -2.35. The van der Waals surface area contributed by atoms with Gasteiger partial charge in [-0.15, -0.1) is 24.8 Å². The van der Waals surface area contributed by atoms with Gasteiger partial charge < -0.3 is 16.0 Å². The topological polar surface area (TPSA) is 58.4 Å². The maximum absolute atomic E-state index is 11.6. The Balaban J connectivity index is 0.00000180. The van der Waals surface area contributed by atoms with Gasteiger partial charge in [0.05, 0.1) is 6.04 Å². The molecule has 2 atom stereocenters. The van der Waals surface area contributed by atoms with Crippen molar-refractivity contribution in [2.24, 2.45) is 5.73 Å². The minimum Gasteiger partial charge on any atom is -0.369 e. The van der Waals surface area contributed by atoms with E-state index in [1.807, 2.05) is 18.2 Å². The van der Waals surface area contributed by atoms with Gasteiger partial charge in [0.15, 0.2) is 0 Å². The molecule has 3 N–H and O–H groups in total. The van der Waals surface area contributed by atoms with Crippen LogP contribution >= 0.6 is 24.8 Å². The number of anilines is 1. The number of piperidine rings is 1. The van der Waals surface area contributed by atoms with Gasteiger partial charge in [0, 0.05) is 24.8 Å². The van der Waals surface area contributed by atoms with Crippen LogP contribution < -0.4 is 16.0 Å². The van der Waals surface area contributed by atoms with Gasteiger partial charge >= 0.3 is 0 Å². The highest BCUT2D eigenvalue weighted by Gasteiger charge is 2.22. The lowest BCUT2D eigenvalue weighted by atomic mass is 10.0. The summed E-state index contributed by atoms with van der Waals surface area (Å²) in [6.45, 7) is 3.63. The summed E-state index contributed by atoms with van der Waals surface area (Å²) in [6, 6.07) is 10.1. The fraction of sp³-hybridized carbons (Fsp3) is 0.500. The van der Waals surface area contributed by atoms with E-state index in [1.165, 1.54) is 5.69 Å². The van der Waals surface area contributed by atoms with Gasteiger partial charge in [-0.1, -0.05) is 18.2 Å². The largest absolute Gasteiger partial charge is 0.369 e. The number of nitrogens with one attached hydrogen (secondary N) is 1. The Kier molecular flexibility index (Phi) is 8.62. The molecule has 114 valence electrons. The van der Waals surface area contributed by atoms with Crippen LogP contribution in [0, 0.1) is 0 Å². The van der Waals surface area contributed by atoms with Gasteiger partial charge in [0.2, 0.25) is 5.91 Å². The first-order valence-electron chi connectivity index (χ1n) is 6.53. The summed E-state index contributed by atoms with van der Waals surface area (Å²) in [7, 11) is 0. The standard InChI is InChI=1S/C14H21N3O.2ClH/c1-11(15)14(18)16-12-6-5-9-17(10-12)13-7-3-2-4-8-13;;/h2-4,7-8,11-12H,5-6,9-10,15H2,1H3,(H,16,18);2*1H/t11-,12?;;/m1../s1. The second-order valence-electron chi connectivity index (χ2n) is 4.92. The summed E-state index contributed by atoms with van der Waals surface area (Å²) in [5.74, 6) is -0.0603. The van der Waals surface area contributed by atoms with E-state index in [2.05, 4.69) is 22.3 Å². The van der Waals surface area contributed by atoms with E-state index >= 15 is 0 Å². The second kappa shape index (κ2) is 9.06. The van der Waals surface area contributed by atoms with Crippen molar-refractivity contribution in [3.05, 3.63) is 30.3 Å². The molecular formula is C14H23Cl2N3O. The van der Waals surface area contributed by atoms with Crippen LogP contribution in [0.1, 0.15) is 19.8 Å². The van der Waals surface area contributed by atoms with Crippen molar-refractivity contribution >= 4 is 36.4 Å². The molecule has 4 nitrogen and oxygen atoms in total. The number of para-hydroxylation sites is 1. The second-order valence-corrected chi connectivity index (χ2v) is 4.92. The van der Waals surface area contributed by atoms with E-state index in [0.717, 1.165) is 25.9 Å². The fourth-order valence-electron chi connectivity index (χ4n) is 2.30. The lowest BCUT2D eigenvalue weighted by Crippen LogP contribution is -2.51. The van der Waals surface area contributed by atoms with Crippen molar-refractivity contribution in [2.75, 3.05) is 18.0 Å². The van der Waals surface area contributed by atoms with Gasteiger partial charge in [-0.05, 0) is 31.9 Å². The third-order valence-electron chi connectivity index (χ3n) is 3.30. The fourth-order valence-corrected chi connectivity index (χ4v) is 2.30. The molecule has 1 saturated heterocycles. The molecule has 20 heavy (non-hydrogen) atoms. The zero-order valence-electron chi connectivity index (χ0n) is 11.6. The smallest absolute Gasteiger partial charge is 0.236 e. The van der Waals surface area contributed by atoms with Gasteiger partial charge in [0.25, 0.3) is 0 Å². The van der Waals surface area contributed by atoms with Crippen molar-refractivity contribution < 1.29 is 4.79 Å². The number of hydrogen-bond acceptors (Lipinski definition) is 3. The summed E-state index contributed by atoms with van der Waals surface area (Å²) >= 11 is 0. The molecule has 1 aliphatic heterocycles. The minimum absolute atomic E-state index is 0. The van der Waals surface area contributed by atoms with Crippen LogP contribution in [0.15, 0.2) is 30.3 Å². The Bertz CT molecular complexity index is 401. The summed E-state index contributed by atoms with van der Waals surface area (Å²) < 4.78 is 0. The first-order chi connectivity index (χ1) is 8.66. The van der Waals surface area contributed by atoms with Gasteiger partial charge in [-0.3, -0.25) is 4.79 Å². The molecule has 0 saturated carbocycles. The maximum Gasteiger partial charge on any atom is 0.236 e. The van der Waals surface area contributed by atoms with Crippen LogP contribution in [-0.4, -0.2) is 31.1 Å². The molecule has 0 aliphatic carbocycles. The van der Waals surface area contributed by atoms with E-state index in [9.17, 15) is 4.79 Å². The lowest BCUT2D eigenvalue weighted by molar-refractivity contribution is -0.122. The summed E-state index contributed by atoms with van der Waals surface area (Å²) in [5.41, 5.74) is 6.79. The van der Waals surface area contributed by atoms with Crippen molar-refractivity contribution in [1.29, 1.82) is 0 Å². The highest BCUT2D eigenvalue weighted by atomic mass is 35.5. The molecule has 0 spiro atoms. The Hall–Kier alpha value is -0.970. The Morgan fingerprint density at radius 1 is 1.35 bits per heavy atom. The van der Waals surface area contributed by atoms with Gasteiger partial charge in [-0.2, -0.15) is 0 Å². The van der Waals surface area contributed by atoms with Crippen LogP contribution in [0.25, 0.3) is 0 Å². The van der Waals surface area contributed by atoms with Crippen LogP contribution in [-0.2, 0) is 4.79 Å². The number of nitrogens with zero attached hydrogens (tertiary/aromatic N) is 1. The van der Waals surface area contributed by atoms with E-state index in [0.29, 0.717) is 0 Å². The van der Waals surface area contributed by atoms with Crippen LogP contribution in [0.4, 0.5) is 5.69 Å². The number of carbonyl (C=O) groups is 1. The molecule has 2 rings (SSSR count). The SMILES string of the molecule is C[C@@H](N)C(=O)NC1CCCN(c2ccccc2)C1.Cl.Cl. The van der Waals surface area contributed by atoms with Gasteiger partial charge in [0.1, 0.15) is 0 Å². The predicted molar refractivity (Wildman–Crippen MR) is 88.0 cm³/mol. The highest BCUT2D eigenvalue weighted by Crippen LogP contribution is 2.19. The monoisotopic (exact) mass is 319 g/mol. The molecule has 0 radical (unpaired) electrons. The van der Waals surface area contributed by atoms with Crippen molar-refractivity contribution in [1.82, 2.24) is 5.32 Å². The zero-order chi connectivity index (χ0) is 13.0. The molecule has 1 fully saturated rings. The number of halogens is 2. The minimum atomic E-state index is -0.433. The van der Waals surface area contributed by atoms with E-state index < -0.39 is 6.04 Å². The molecule has 1 aromatic carbocycles. The maximum atomic E-state index is 11.6. The summed E-state index contributed by atoms with van der Waals surface area (Å²) in [6.07, 6.45) is 2.13. The number of rotatable bonds is 3. The Labute approximate surface area is 132 Å². The molecule has 0 bridgehead atoms. The first-order valence-corrected chi connectivity index (χ1v) is 6.53. The highest BCUT2D eigenvalue weighted by molar-refractivity contribution is 5.85. The van der Waals surface area contributed by atoms with Crippen molar-refractivity contribution in [2.45, 2.75) is 31.8 Å². The number of amides is 1. The first kappa shape index (κ1) is 19.0. The van der Waals surface area contributed by atoms with Gasteiger partial charge in [-0.25, -0.2) is 0 Å². The third kappa shape index (κ3) is 5.19. The van der Waals surface area contributed by atoms with Crippen molar-refractivity contribution in [3.8, 4) is 0 Å². The molecule has 1 amide bonds. The third-order valence-corrected chi connectivity index (χ3v) is 3.30. The quantitative estimate of drug-likeness (QED) is 0.895. The molecule has 0 aromatic heterocycles. The number of hydrogen-bond donors (Lipinski definition) is 2. The van der Waals surface area contributed by atoms with E-state index in [1.54, 1.807) is 6.92 Å². The average molecular weight is 320 g/mol. The Morgan fingerprint density at radius 3 is 2.60 bits per heavy atom. The number of nitrogens with two attached hydrogens (primary N) is 1. The van der Waals surface area contributed by atoms with Crippen LogP contribution in [0.2, 0.25) is 0 Å². The summed E-state index contributed by atoms with van der Waals surface area (Å²) in [4.78, 5) is 13.9. The normalized spacial score (nSPS) is 19.3. The Morgan fingerprint density at radius 2 is 2.00 bits per heavy atom. The predicted octanol–water partition coefficient (Wildman–Crippen LogP) is 1.96. The zero-order valence-corrected chi connectivity index (χ0v) is 13.3. The van der Waals surface area contributed by atoms with Crippen molar-refractivity contribution in [3.63, 3.8) is 0 Å². The number of carbonyl (C=O) groups excluding carboxylic acids is 1. The molecule has 1 aliphatic rings. The molecule has 1 aromatic rings. The molecule has 6 heteroatoms. The summed E-state index contributed by atoms with van der Waals surface area (Å²) in [5, 5.41) is 3.01. The molecule has 1 unspecified atom stereocenters. The average Bonchev–Trinajstić information content (AvgIpc) is 2.40. The molecule has 1 heterocycles.